The third-order valence-corrected chi connectivity index (χ3v) is 5.60. The van der Waals surface area contributed by atoms with E-state index in [1.165, 1.54) is 10.9 Å². The smallest absolute Gasteiger partial charge is 0.274 e. The van der Waals surface area contributed by atoms with E-state index in [-0.39, 0.29) is 24.5 Å². The first-order valence-electron chi connectivity index (χ1n) is 10.2. The van der Waals surface area contributed by atoms with E-state index in [9.17, 15) is 9.59 Å². The molecule has 4 aromatic rings. The molecule has 0 saturated carbocycles. The van der Waals surface area contributed by atoms with Gasteiger partial charge in [-0.2, -0.15) is 5.10 Å². The third kappa shape index (κ3) is 5.59. The number of nitrogens with zero attached hydrogens (tertiary/aromatic N) is 2. The Labute approximate surface area is 205 Å². The fourth-order valence-corrected chi connectivity index (χ4v) is 3.51. The Hall–Kier alpha value is -3.75. The number of aryl methyl sites for hydroxylation is 1. The van der Waals surface area contributed by atoms with Crippen molar-refractivity contribution in [3.8, 4) is 5.75 Å². The summed E-state index contributed by atoms with van der Waals surface area (Å²) >= 11 is 12.2. The lowest BCUT2D eigenvalue weighted by Crippen LogP contribution is -2.25. The summed E-state index contributed by atoms with van der Waals surface area (Å²) in [4.78, 5) is 25.5. The van der Waals surface area contributed by atoms with Gasteiger partial charge in [0.15, 0.2) is 5.69 Å². The van der Waals surface area contributed by atoms with Crippen LogP contribution in [-0.4, -0.2) is 21.6 Å². The highest BCUT2D eigenvalue weighted by atomic mass is 35.5. The number of carbonyl (C=O) groups is 2. The van der Waals surface area contributed by atoms with Crippen LogP contribution in [0.4, 0.5) is 5.69 Å². The summed E-state index contributed by atoms with van der Waals surface area (Å²) in [6, 6.07) is 15.5. The van der Waals surface area contributed by atoms with Crippen molar-refractivity contribution in [1.29, 1.82) is 0 Å². The van der Waals surface area contributed by atoms with Crippen LogP contribution in [0.2, 0.25) is 10.0 Å². The second-order valence-electron chi connectivity index (χ2n) is 7.32. The Balaban J connectivity index is 1.43. The van der Waals surface area contributed by atoms with E-state index < -0.39 is 11.8 Å². The number of aromatic nitrogens is 2. The van der Waals surface area contributed by atoms with Crippen molar-refractivity contribution in [2.24, 2.45) is 7.05 Å². The van der Waals surface area contributed by atoms with Gasteiger partial charge in [-0.15, -0.1) is 0 Å². The number of carbonyl (C=O) groups excluding carboxylic acids is 2. The molecule has 2 amide bonds. The number of rotatable bonds is 8. The van der Waals surface area contributed by atoms with Gasteiger partial charge in [-0.05, 0) is 42.0 Å². The van der Waals surface area contributed by atoms with Gasteiger partial charge in [0.05, 0.1) is 23.5 Å². The van der Waals surface area contributed by atoms with Gasteiger partial charge in [-0.3, -0.25) is 14.3 Å². The van der Waals surface area contributed by atoms with E-state index in [1.807, 2.05) is 6.07 Å². The van der Waals surface area contributed by atoms with Crippen LogP contribution in [-0.2, 0) is 20.2 Å². The summed E-state index contributed by atoms with van der Waals surface area (Å²) in [5, 5.41) is 10.4. The van der Waals surface area contributed by atoms with Gasteiger partial charge in [0.2, 0.25) is 0 Å². The number of furan rings is 1. The number of amides is 2. The average Bonchev–Trinajstić information content (AvgIpc) is 3.48. The van der Waals surface area contributed by atoms with Crippen LogP contribution in [0.5, 0.6) is 5.75 Å². The summed E-state index contributed by atoms with van der Waals surface area (Å²) in [7, 11) is 1.66. The molecule has 2 N–H and O–H groups in total. The van der Waals surface area contributed by atoms with Crippen molar-refractivity contribution in [3.63, 3.8) is 0 Å². The number of ether oxygens (including phenoxy) is 1. The van der Waals surface area contributed by atoms with Gasteiger partial charge in [-0.1, -0.05) is 41.4 Å². The van der Waals surface area contributed by atoms with E-state index in [0.717, 1.165) is 5.56 Å². The van der Waals surface area contributed by atoms with E-state index in [4.69, 9.17) is 32.4 Å². The average molecular weight is 499 g/mol. The van der Waals surface area contributed by atoms with E-state index in [2.05, 4.69) is 15.7 Å². The number of benzene rings is 2. The van der Waals surface area contributed by atoms with Crippen LogP contribution in [0.25, 0.3) is 0 Å². The largest absolute Gasteiger partial charge is 0.487 e. The Morgan fingerprint density at radius 2 is 1.91 bits per heavy atom. The van der Waals surface area contributed by atoms with Crippen LogP contribution >= 0.6 is 23.2 Å². The number of nitrogens with one attached hydrogen (secondary N) is 2. The molecule has 2 aromatic heterocycles. The van der Waals surface area contributed by atoms with Crippen LogP contribution in [0.1, 0.15) is 32.2 Å². The fourth-order valence-electron chi connectivity index (χ4n) is 3.17. The van der Waals surface area contributed by atoms with Gasteiger partial charge >= 0.3 is 0 Å². The molecule has 8 nitrogen and oxygen atoms in total. The zero-order chi connectivity index (χ0) is 24.1. The number of hydrogen-bond donors (Lipinski definition) is 2. The molecule has 4 rings (SSSR count). The maximum absolute atomic E-state index is 12.9. The predicted molar refractivity (Wildman–Crippen MR) is 128 cm³/mol. The molecule has 0 bridgehead atoms. The van der Waals surface area contributed by atoms with Gasteiger partial charge < -0.3 is 19.8 Å². The van der Waals surface area contributed by atoms with Crippen LogP contribution in [0, 0.1) is 0 Å². The number of halogens is 2. The molecule has 0 aliphatic carbocycles. The Morgan fingerprint density at radius 1 is 1.09 bits per heavy atom. The highest BCUT2D eigenvalue weighted by molar-refractivity contribution is 6.42. The molecular weight excluding hydrogens is 479 g/mol. The second kappa shape index (κ2) is 10.5. The van der Waals surface area contributed by atoms with Crippen molar-refractivity contribution in [2.75, 3.05) is 5.32 Å². The molecule has 0 aliphatic rings. The SMILES string of the molecule is Cn1cc(NC(=O)c2cccc(COc3cccc(Cl)c3Cl)c2)c(C(=O)NCc2ccco2)n1. The van der Waals surface area contributed by atoms with Crippen LogP contribution < -0.4 is 15.4 Å². The minimum absolute atomic E-state index is 0.0949. The maximum Gasteiger partial charge on any atom is 0.274 e. The fraction of sp³-hybridized carbons (Fsp3) is 0.125. The zero-order valence-corrected chi connectivity index (χ0v) is 19.6. The molecular formula is C24H20Cl2N4O4. The van der Waals surface area contributed by atoms with E-state index in [1.54, 1.807) is 61.8 Å². The number of hydrogen-bond acceptors (Lipinski definition) is 5. The van der Waals surface area contributed by atoms with Gasteiger partial charge in [-0.25, -0.2) is 0 Å². The molecule has 0 unspecified atom stereocenters. The topological polar surface area (TPSA) is 98.4 Å². The van der Waals surface area contributed by atoms with E-state index in [0.29, 0.717) is 27.1 Å². The Kier molecular flexibility index (Phi) is 7.20. The van der Waals surface area contributed by atoms with Crippen molar-refractivity contribution in [2.45, 2.75) is 13.2 Å². The van der Waals surface area contributed by atoms with Crippen molar-refractivity contribution >= 4 is 40.7 Å². The molecule has 2 aromatic carbocycles. The summed E-state index contributed by atoms with van der Waals surface area (Å²) in [6.07, 6.45) is 3.09. The lowest BCUT2D eigenvalue weighted by molar-refractivity contribution is 0.0943. The lowest BCUT2D eigenvalue weighted by Gasteiger charge is -2.10. The van der Waals surface area contributed by atoms with Crippen LogP contribution in [0.15, 0.2) is 71.5 Å². The molecule has 0 spiro atoms. The van der Waals surface area contributed by atoms with Crippen molar-refractivity contribution in [1.82, 2.24) is 15.1 Å². The third-order valence-electron chi connectivity index (χ3n) is 4.80. The normalized spacial score (nSPS) is 10.7. The highest BCUT2D eigenvalue weighted by Gasteiger charge is 2.19. The lowest BCUT2D eigenvalue weighted by atomic mass is 10.1. The summed E-state index contributed by atoms with van der Waals surface area (Å²) in [5.41, 5.74) is 1.53. The Bertz CT molecular complexity index is 1320. The first-order chi connectivity index (χ1) is 16.4. The van der Waals surface area contributed by atoms with Gasteiger partial charge in [0, 0.05) is 18.8 Å². The molecule has 0 aliphatic heterocycles. The summed E-state index contributed by atoms with van der Waals surface area (Å²) in [6.45, 7) is 0.392. The van der Waals surface area contributed by atoms with Gasteiger partial charge in [0.1, 0.15) is 23.1 Å². The summed E-state index contributed by atoms with van der Waals surface area (Å²) < 4.78 is 12.4. The van der Waals surface area contributed by atoms with Crippen molar-refractivity contribution < 1.29 is 18.7 Å². The second-order valence-corrected chi connectivity index (χ2v) is 8.11. The first kappa shape index (κ1) is 23.4. The monoisotopic (exact) mass is 498 g/mol. The molecule has 174 valence electrons. The minimum atomic E-state index is -0.437. The number of anilines is 1. The molecule has 0 fully saturated rings. The van der Waals surface area contributed by atoms with E-state index >= 15 is 0 Å². The minimum Gasteiger partial charge on any atom is -0.487 e. The van der Waals surface area contributed by atoms with Crippen LogP contribution in [0.3, 0.4) is 0 Å². The molecule has 0 radical (unpaired) electrons. The predicted octanol–water partition coefficient (Wildman–Crippen LogP) is 5.08. The highest BCUT2D eigenvalue weighted by Crippen LogP contribution is 2.32. The zero-order valence-electron chi connectivity index (χ0n) is 18.0. The molecule has 10 heteroatoms. The first-order valence-corrected chi connectivity index (χ1v) is 11.0. The standard InChI is InChI=1S/C24H20Cl2N4O4/c1-30-13-19(22(29-30)24(32)27-12-17-7-4-10-33-17)28-23(31)16-6-2-5-15(11-16)14-34-20-9-3-8-18(25)21(20)26/h2-11,13H,12,14H2,1H3,(H,27,32)(H,28,31). The van der Waals surface area contributed by atoms with Gasteiger partial charge in [0.25, 0.3) is 11.8 Å². The quantitative estimate of drug-likeness (QED) is 0.352. The molecule has 2 heterocycles. The maximum atomic E-state index is 12.9. The summed E-state index contributed by atoms with van der Waals surface area (Å²) in [5.74, 6) is 0.223. The van der Waals surface area contributed by atoms with Crippen molar-refractivity contribution in [3.05, 3.63) is 99.7 Å². The Morgan fingerprint density at radius 3 is 2.71 bits per heavy atom. The molecule has 34 heavy (non-hydrogen) atoms. The molecule has 0 saturated heterocycles. The molecule has 0 atom stereocenters.